The maximum Gasteiger partial charge on any atom is 0.296 e. The number of nitrogens with one attached hydrogen (secondary N) is 1. The first-order valence-electron chi connectivity index (χ1n) is 7.12. The Hall–Kier alpha value is -3.08. The third-order valence-electron chi connectivity index (χ3n) is 2.97. The zero-order valence-corrected chi connectivity index (χ0v) is 12.6. The summed E-state index contributed by atoms with van der Waals surface area (Å²) in [6, 6.07) is 14.9. The maximum atomic E-state index is 12.0. The zero-order valence-electron chi connectivity index (χ0n) is 12.6. The number of rotatable bonds is 6. The molecule has 0 bridgehead atoms. The van der Waals surface area contributed by atoms with Crippen molar-refractivity contribution in [2.45, 2.75) is 6.92 Å². The Morgan fingerprint density at radius 2 is 1.74 bits per heavy atom. The van der Waals surface area contributed by atoms with E-state index < -0.39 is 17.4 Å². The molecule has 0 spiro atoms. The van der Waals surface area contributed by atoms with Crippen LogP contribution in [-0.2, 0) is 9.59 Å². The van der Waals surface area contributed by atoms with Gasteiger partial charge in [-0.3, -0.25) is 9.59 Å². The van der Waals surface area contributed by atoms with Gasteiger partial charge in [0.2, 0.25) is 5.78 Å². The standard InChI is InChI=1S/C18H17NO4/c1-2-23-15-10-8-13(9-11-15)16(20)12-17(21)18(22)19-14-6-4-3-5-7-14/h3-12,20H,2H2,1H3,(H,19,22)/p-1/b16-12-. The molecule has 1 amide bonds. The van der Waals surface area contributed by atoms with Crippen molar-refractivity contribution in [3.8, 4) is 5.75 Å². The second-order valence-corrected chi connectivity index (χ2v) is 4.65. The minimum absolute atomic E-state index is 0.314. The Labute approximate surface area is 134 Å². The molecule has 0 aliphatic rings. The van der Waals surface area contributed by atoms with Gasteiger partial charge in [0.1, 0.15) is 5.75 Å². The van der Waals surface area contributed by atoms with Crippen LogP contribution < -0.4 is 15.2 Å². The molecule has 0 unspecified atom stereocenters. The van der Waals surface area contributed by atoms with Crippen molar-refractivity contribution in [2.75, 3.05) is 11.9 Å². The van der Waals surface area contributed by atoms with Crippen molar-refractivity contribution >= 4 is 23.1 Å². The number of hydrogen-bond donors (Lipinski definition) is 1. The lowest BCUT2D eigenvalue weighted by Gasteiger charge is -2.12. The fraction of sp³-hybridized carbons (Fsp3) is 0.111. The van der Waals surface area contributed by atoms with Crippen LogP contribution in [0.1, 0.15) is 12.5 Å². The zero-order chi connectivity index (χ0) is 16.7. The lowest BCUT2D eigenvalue weighted by molar-refractivity contribution is -0.243. The monoisotopic (exact) mass is 310 g/mol. The van der Waals surface area contributed by atoms with Crippen LogP contribution in [0.5, 0.6) is 5.75 Å². The summed E-state index contributed by atoms with van der Waals surface area (Å²) in [7, 11) is 0. The molecule has 5 heteroatoms. The Bertz CT molecular complexity index is 706. The van der Waals surface area contributed by atoms with Crippen LogP contribution in [0, 0.1) is 0 Å². The fourth-order valence-electron chi connectivity index (χ4n) is 1.86. The van der Waals surface area contributed by atoms with Crippen LogP contribution in [0.2, 0.25) is 0 Å². The Morgan fingerprint density at radius 3 is 2.35 bits per heavy atom. The van der Waals surface area contributed by atoms with Crippen molar-refractivity contribution in [3.63, 3.8) is 0 Å². The van der Waals surface area contributed by atoms with Gasteiger partial charge in [-0.15, -0.1) is 0 Å². The summed E-state index contributed by atoms with van der Waals surface area (Å²) in [6.07, 6.45) is 0.786. The molecule has 0 atom stereocenters. The van der Waals surface area contributed by atoms with Crippen molar-refractivity contribution in [2.24, 2.45) is 0 Å². The van der Waals surface area contributed by atoms with Crippen LogP contribution in [0.25, 0.3) is 5.76 Å². The normalized spacial score (nSPS) is 10.9. The molecule has 0 aliphatic carbocycles. The summed E-state index contributed by atoms with van der Waals surface area (Å²) in [5.41, 5.74) is 0.807. The van der Waals surface area contributed by atoms with E-state index in [2.05, 4.69) is 5.32 Å². The first-order valence-corrected chi connectivity index (χ1v) is 7.12. The molecule has 1 N–H and O–H groups in total. The molecule has 2 rings (SSSR count). The quantitative estimate of drug-likeness (QED) is 0.503. The molecule has 0 saturated carbocycles. The Balaban J connectivity index is 2.04. The molecule has 0 heterocycles. The second kappa shape index (κ2) is 7.79. The lowest BCUT2D eigenvalue weighted by Crippen LogP contribution is -2.22. The molecular weight excluding hydrogens is 294 g/mol. The van der Waals surface area contributed by atoms with Crippen LogP contribution >= 0.6 is 0 Å². The number of carbonyl (C=O) groups excluding carboxylic acids is 2. The molecular formula is C18H16NO4-. The van der Waals surface area contributed by atoms with E-state index in [1.54, 1.807) is 54.6 Å². The number of para-hydroxylation sites is 1. The van der Waals surface area contributed by atoms with Crippen LogP contribution in [-0.4, -0.2) is 18.3 Å². The van der Waals surface area contributed by atoms with E-state index in [9.17, 15) is 14.7 Å². The predicted octanol–water partition coefficient (Wildman–Crippen LogP) is 1.99. The highest BCUT2D eigenvalue weighted by atomic mass is 16.5. The molecule has 0 fully saturated rings. The SMILES string of the molecule is CCOc1ccc(/C([O-])=C/C(=O)C(=O)Nc2ccccc2)cc1. The van der Waals surface area contributed by atoms with E-state index in [-0.39, 0.29) is 0 Å². The van der Waals surface area contributed by atoms with Crippen LogP contribution in [0.15, 0.2) is 60.7 Å². The average Bonchev–Trinajstić information content (AvgIpc) is 2.56. The first kappa shape index (κ1) is 16.3. The van der Waals surface area contributed by atoms with Crippen molar-refractivity contribution in [3.05, 3.63) is 66.2 Å². The number of amides is 1. The third kappa shape index (κ3) is 4.71. The molecule has 23 heavy (non-hydrogen) atoms. The fourth-order valence-corrected chi connectivity index (χ4v) is 1.86. The van der Waals surface area contributed by atoms with Gasteiger partial charge in [0.05, 0.1) is 6.61 Å². The molecule has 0 aliphatic heterocycles. The van der Waals surface area contributed by atoms with E-state index in [0.717, 1.165) is 6.08 Å². The number of carbonyl (C=O) groups is 2. The van der Waals surface area contributed by atoms with Crippen molar-refractivity contribution < 1.29 is 19.4 Å². The van der Waals surface area contributed by atoms with Gasteiger partial charge in [0.25, 0.3) is 5.91 Å². The maximum absolute atomic E-state index is 12.0. The van der Waals surface area contributed by atoms with Gasteiger partial charge in [-0.05, 0) is 42.8 Å². The molecule has 5 nitrogen and oxygen atoms in total. The smallest absolute Gasteiger partial charge is 0.296 e. The van der Waals surface area contributed by atoms with Crippen LogP contribution in [0.3, 0.4) is 0 Å². The van der Waals surface area contributed by atoms with Gasteiger partial charge < -0.3 is 15.2 Å². The molecule has 0 saturated heterocycles. The summed E-state index contributed by atoms with van der Waals surface area (Å²) in [5, 5.41) is 14.4. The van der Waals surface area contributed by atoms with Gasteiger partial charge in [0, 0.05) is 5.69 Å². The minimum atomic E-state index is -0.896. The van der Waals surface area contributed by atoms with Gasteiger partial charge in [-0.2, -0.15) is 0 Å². The predicted molar refractivity (Wildman–Crippen MR) is 85.7 cm³/mol. The van der Waals surface area contributed by atoms with Crippen molar-refractivity contribution in [1.29, 1.82) is 0 Å². The summed E-state index contributed by atoms with van der Waals surface area (Å²) in [5.74, 6) is -1.64. The highest BCUT2D eigenvalue weighted by Crippen LogP contribution is 2.15. The van der Waals surface area contributed by atoms with Gasteiger partial charge in [0.15, 0.2) is 0 Å². The third-order valence-corrected chi connectivity index (χ3v) is 2.97. The van der Waals surface area contributed by atoms with E-state index in [1.165, 1.54) is 0 Å². The number of benzene rings is 2. The summed E-state index contributed by atoms with van der Waals surface area (Å²) < 4.78 is 5.27. The van der Waals surface area contributed by atoms with Gasteiger partial charge >= 0.3 is 0 Å². The summed E-state index contributed by atoms with van der Waals surface area (Å²) >= 11 is 0. The van der Waals surface area contributed by atoms with E-state index in [4.69, 9.17) is 4.74 Å². The summed E-state index contributed by atoms with van der Waals surface area (Å²) in [6.45, 7) is 2.38. The summed E-state index contributed by atoms with van der Waals surface area (Å²) in [4.78, 5) is 23.5. The van der Waals surface area contributed by atoms with E-state index in [0.29, 0.717) is 23.6 Å². The molecule has 2 aromatic carbocycles. The van der Waals surface area contributed by atoms with E-state index >= 15 is 0 Å². The number of anilines is 1. The molecule has 0 radical (unpaired) electrons. The molecule has 2 aromatic rings. The largest absolute Gasteiger partial charge is 0.872 e. The number of ether oxygens (including phenoxy) is 1. The second-order valence-electron chi connectivity index (χ2n) is 4.65. The number of hydrogen-bond acceptors (Lipinski definition) is 4. The van der Waals surface area contributed by atoms with Gasteiger partial charge in [-0.1, -0.05) is 36.1 Å². The highest BCUT2D eigenvalue weighted by Gasteiger charge is 2.10. The highest BCUT2D eigenvalue weighted by molar-refractivity contribution is 6.45. The topological polar surface area (TPSA) is 78.5 Å². The number of ketones is 1. The van der Waals surface area contributed by atoms with Crippen molar-refractivity contribution in [1.82, 2.24) is 0 Å². The lowest BCUT2D eigenvalue weighted by atomic mass is 10.1. The molecule has 118 valence electrons. The van der Waals surface area contributed by atoms with Crippen LogP contribution in [0.4, 0.5) is 5.69 Å². The Kier molecular flexibility index (Phi) is 5.52. The first-order chi connectivity index (χ1) is 11.1. The Morgan fingerprint density at radius 1 is 1.09 bits per heavy atom. The molecule has 0 aromatic heterocycles. The van der Waals surface area contributed by atoms with Gasteiger partial charge in [-0.25, -0.2) is 0 Å². The minimum Gasteiger partial charge on any atom is -0.872 e. The van der Waals surface area contributed by atoms with E-state index in [1.807, 2.05) is 6.92 Å². The average molecular weight is 310 g/mol.